The van der Waals surface area contributed by atoms with E-state index in [1.165, 1.54) is 4.68 Å². The quantitative estimate of drug-likeness (QED) is 0.750. The van der Waals surface area contributed by atoms with Crippen LogP contribution in [0.1, 0.15) is 47.5 Å². The first-order chi connectivity index (χ1) is 9.80. The lowest BCUT2D eigenvalue weighted by molar-refractivity contribution is 0.142. The van der Waals surface area contributed by atoms with E-state index in [4.69, 9.17) is 9.47 Å². The number of unbranched alkanes of at least 4 members (excludes halogenated alkanes) is 1. The molecule has 0 aromatic carbocycles. The molecule has 21 heavy (non-hydrogen) atoms. The smallest absolute Gasteiger partial charge is 0.434 e. The summed E-state index contributed by atoms with van der Waals surface area (Å²) < 4.78 is 12.0. The van der Waals surface area contributed by atoms with Gasteiger partial charge in [0.05, 0.1) is 13.2 Å². The molecule has 0 amide bonds. The summed E-state index contributed by atoms with van der Waals surface area (Å²) in [4.78, 5) is 11.7. The average Bonchev–Trinajstić information content (AvgIpc) is 2.76. The Bertz CT molecular complexity index is 491. The molecule has 0 aliphatic heterocycles. The van der Waals surface area contributed by atoms with Gasteiger partial charge in [-0.05, 0) is 17.3 Å². The van der Waals surface area contributed by atoms with Crippen LogP contribution in [0.2, 0.25) is 0 Å². The van der Waals surface area contributed by atoms with Crippen LogP contribution >= 0.6 is 0 Å². The van der Waals surface area contributed by atoms with E-state index in [2.05, 4.69) is 39.7 Å². The van der Waals surface area contributed by atoms with Gasteiger partial charge in [0.25, 0.3) is 0 Å². The maximum atomic E-state index is 11.7. The second-order valence-corrected chi connectivity index (χ2v) is 6.87. The maximum absolute atomic E-state index is 11.7. The fourth-order valence-electron chi connectivity index (χ4n) is 2.77. The summed E-state index contributed by atoms with van der Waals surface area (Å²) in [5.74, 6) is 0.979. The van der Waals surface area contributed by atoms with Gasteiger partial charge in [0.2, 0.25) is 5.88 Å². The van der Waals surface area contributed by atoms with Crippen LogP contribution in [0, 0.1) is 16.7 Å². The van der Waals surface area contributed by atoms with E-state index in [-0.39, 0.29) is 10.8 Å². The lowest BCUT2D eigenvalue weighted by Crippen LogP contribution is -2.15. The van der Waals surface area contributed by atoms with Crippen LogP contribution in [-0.4, -0.2) is 29.1 Å². The highest BCUT2D eigenvalue weighted by Gasteiger charge is 2.64. The predicted octanol–water partition coefficient (Wildman–Crippen LogP) is 3.73. The number of carbonyl (C=O) groups excluding carboxylic acids is 1. The molecule has 1 saturated carbocycles. The van der Waals surface area contributed by atoms with E-state index in [9.17, 15) is 4.79 Å². The third kappa shape index (κ3) is 3.06. The van der Waals surface area contributed by atoms with Crippen LogP contribution in [0.3, 0.4) is 0 Å². The Kier molecular flexibility index (Phi) is 4.30. The molecule has 5 nitrogen and oxygen atoms in total. The van der Waals surface area contributed by atoms with Gasteiger partial charge in [-0.3, -0.25) is 0 Å². The molecule has 1 heterocycles. The van der Waals surface area contributed by atoms with Gasteiger partial charge in [-0.1, -0.05) is 41.0 Å². The van der Waals surface area contributed by atoms with Gasteiger partial charge in [-0.2, -0.15) is 4.68 Å². The van der Waals surface area contributed by atoms with Crippen molar-refractivity contribution in [2.45, 2.75) is 47.5 Å². The zero-order valence-corrected chi connectivity index (χ0v) is 13.7. The molecule has 2 rings (SSSR count). The number of rotatable bonds is 6. The summed E-state index contributed by atoms with van der Waals surface area (Å²) in [6, 6.07) is 1.70. The molecule has 0 spiro atoms. The number of aromatic nitrogens is 2. The Morgan fingerprint density at radius 2 is 2.00 bits per heavy atom. The standard InChI is InChI=1S/C16H26N2O3/c1-6-7-10-20-14(19)18-9-8-13(17-18)21-11-12-15(2,3)16(12,4)5/h8-9,12H,6-7,10-11H2,1-5H3. The molecule has 0 unspecified atom stereocenters. The van der Waals surface area contributed by atoms with Crippen molar-refractivity contribution < 1.29 is 14.3 Å². The summed E-state index contributed by atoms with van der Waals surface area (Å²) in [6.45, 7) is 12.1. The Hall–Kier alpha value is -1.52. The normalized spacial score (nSPS) is 19.3. The molecule has 5 heteroatoms. The van der Waals surface area contributed by atoms with Gasteiger partial charge in [0.15, 0.2) is 0 Å². The van der Waals surface area contributed by atoms with Crippen LogP contribution in [-0.2, 0) is 4.74 Å². The molecule has 0 atom stereocenters. The van der Waals surface area contributed by atoms with E-state index in [1.54, 1.807) is 12.3 Å². The summed E-state index contributed by atoms with van der Waals surface area (Å²) in [5, 5.41) is 4.10. The van der Waals surface area contributed by atoms with Gasteiger partial charge >= 0.3 is 6.09 Å². The van der Waals surface area contributed by atoms with Crippen molar-refractivity contribution in [3.8, 4) is 5.88 Å². The van der Waals surface area contributed by atoms with Crippen LogP contribution in [0.15, 0.2) is 12.3 Å². The maximum Gasteiger partial charge on any atom is 0.434 e. The second kappa shape index (κ2) is 5.70. The number of ether oxygens (including phenoxy) is 2. The van der Waals surface area contributed by atoms with E-state index in [0.717, 1.165) is 12.8 Å². The minimum absolute atomic E-state index is 0.286. The van der Waals surface area contributed by atoms with Crippen molar-refractivity contribution in [1.82, 2.24) is 9.78 Å². The van der Waals surface area contributed by atoms with Gasteiger partial charge in [0.1, 0.15) is 0 Å². The molecular formula is C16H26N2O3. The largest absolute Gasteiger partial charge is 0.476 e. The Labute approximate surface area is 126 Å². The highest BCUT2D eigenvalue weighted by atomic mass is 16.6. The highest BCUT2D eigenvalue weighted by molar-refractivity contribution is 5.69. The fraction of sp³-hybridized carbons (Fsp3) is 0.750. The first-order valence-corrected chi connectivity index (χ1v) is 7.66. The van der Waals surface area contributed by atoms with Crippen molar-refractivity contribution >= 4 is 6.09 Å². The van der Waals surface area contributed by atoms with Crippen LogP contribution in [0.25, 0.3) is 0 Å². The van der Waals surface area contributed by atoms with Crippen molar-refractivity contribution in [3.63, 3.8) is 0 Å². The molecule has 0 saturated heterocycles. The minimum atomic E-state index is -0.453. The minimum Gasteiger partial charge on any atom is -0.476 e. The average molecular weight is 294 g/mol. The summed E-state index contributed by atoms with van der Waals surface area (Å²) >= 11 is 0. The molecule has 1 aliphatic rings. The lowest BCUT2D eigenvalue weighted by atomic mass is 10.0. The van der Waals surface area contributed by atoms with Gasteiger partial charge in [-0.25, -0.2) is 4.79 Å². The van der Waals surface area contributed by atoms with Gasteiger partial charge in [0, 0.05) is 18.2 Å². The number of carbonyl (C=O) groups is 1. The first kappa shape index (κ1) is 15.9. The van der Waals surface area contributed by atoms with Crippen molar-refractivity contribution in [1.29, 1.82) is 0 Å². The molecule has 118 valence electrons. The highest BCUT2D eigenvalue weighted by Crippen LogP contribution is 2.68. The Morgan fingerprint density at radius 1 is 1.33 bits per heavy atom. The Balaban J connectivity index is 1.83. The number of nitrogens with zero attached hydrogens (tertiary/aromatic N) is 2. The number of hydrogen-bond donors (Lipinski definition) is 0. The van der Waals surface area contributed by atoms with Gasteiger partial charge in [-0.15, -0.1) is 5.10 Å². The third-order valence-electron chi connectivity index (χ3n) is 5.19. The van der Waals surface area contributed by atoms with Crippen molar-refractivity contribution in [3.05, 3.63) is 12.3 Å². The molecule has 1 fully saturated rings. The molecule has 1 aromatic heterocycles. The van der Waals surface area contributed by atoms with Crippen LogP contribution < -0.4 is 4.74 Å². The van der Waals surface area contributed by atoms with Crippen LogP contribution in [0.4, 0.5) is 4.79 Å². The molecule has 1 aliphatic carbocycles. The molecule has 0 radical (unpaired) electrons. The first-order valence-electron chi connectivity index (χ1n) is 7.66. The van der Waals surface area contributed by atoms with Gasteiger partial charge < -0.3 is 9.47 Å². The van der Waals surface area contributed by atoms with Crippen LogP contribution in [0.5, 0.6) is 5.88 Å². The molecular weight excluding hydrogens is 268 g/mol. The van der Waals surface area contributed by atoms with Crippen molar-refractivity contribution in [2.24, 2.45) is 16.7 Å². The van der Waals surface area contributed by atoms with E-state index >= 15 is 0 Å². The summed E-state index contributed by atoms with van der Waals surface area (Å²) in [5.41, 5.74) is 0.573. The third-order valence-corrected chi connectivity index (χ3v) is 5.19. The van der Waals surface area contributed by atoms with Crippen molar-refractivity contribution in [2.75, 3.05) is 13.2 Å². The topological polar surface area (TPSA) is 53.4 Å². The van der Waals surface area contributed by atoms with E-state index in [1.807, 2.05) is 0 Å². The SMILES string of the molecule is CCCCOC(=O)n1ccc(OCC2C(C)(C)C2(C)C)n1. The Morgan fingerprint density at radius 3 is 2.57 bits per heavy atom. The molecule has 0 N–H and O–H groups in total. The lowest BCUT2D eigenvalue weighted by Gasteiger charge is -2.04. The number of hydrogen-bond acceptors (Lipinski definition) is 4. The fourth-order valence-corrected chi connectivity index (χ4v) is 2.77. The zero-order chi connectivity index (χ0) is 15.7. The monoisotopic (exact) mass is 294 g/mol. The molecule has 0 bridgehead atoms. The van der Waals surface area contributed by atoms with E-state index < -0.39 is 6.09 Å². The zero-order valence-electron chi connectivity index (χ0n) is 13.7. The summed E-state index contributed by atoms with van der Waals surface area (Å²) in [6.07, 6.45) is 2.98. The van der Waals surface area contributed by atoms with E-state index in [0.29, 0.717) is 25.0 Å². The second-order valence-electron chi connectivity index (χ2n) is 6.87. The molecule has 1 aromatic rings. The predicted molar refractivity (Wildman–Crippen MR) is 80.4 cm³/mol. The summed E-state index contributed by atoms with van der Waals surface area (Å²) in [7, 11) is 0.